The number of nitrogens with zero attached hydrogens (tertiary/aromatic N) is 5. The highest BCUT2D eigenvalue weighted by Crippen LogP contribution is 2.27. The van der Waals surface area contributed by atoms with Crippen molar-refractivity contribution in [2.24, 2.45) is 5.73 Å². The molecule has 0 bridgehead atoms. The van der Waals surface area contributed by atoms with Gasteiger partial charge in [0, 0.05) is 18.8 Å². The maximum absolute atomic E-state index is 5.52. The van der Waals surface area contributed by atoms with Crippen LogP contribution in [-0.4, -0.2) is 31.3 Å². The lowest BCUT2D eigenvalue weighted by Crippen LogP contribution is -2.13. The Morgan fingerprint density at radius 1 is 1.20 bits per heavy atom. The van der Waals surface area contributed by atoms with Crippen LogP contribution in [0.1, 0.15) is 49.5 Å². The van der Waals surface area contributed by atoms with Gasteiger partial charge >= 0.3 is 0 Å². The SMILES string of the molecule is NCCc1cn(Cc2ccn(C3CCCCC3)n2)nn1. The zero-order chi connectivity index (χ0) is 13.8. The highest BCUT2D eigenvalue weighted by molar-refractivity contribution is 5.02. The molecule has 1 fully saturated rings. The van der Waals surface area contributed by atoms with Gasteiger partial charge in [-0.15, -0.1) is 5.10 Å². The highest BCUT2D eigenvalue weighted by atomic mass is 15.4. The third kappa shape index (κ3) is 3.07. The molecule has 0 radical (unpaired) electrons. The third-order valence-electron chi connectivity index (χ3n) is 3.92. The zero-order valence-corrected chi connectivity index (χ0v) is 11.8. The fourth-order valence-corrected chi connectivity index (χ4v) is 2.85. The zero-order valence-electron chi connectivity index (χ0n) is 11.8. The van der Waals surface area contributed by atoms with Crippen LogP contribution in [0, 0.1) is 0 Å². The van der Waals surface area contributed by atoms with E-state index in [2.05, 4.69) is 32.4 Å². The van der Waals surface area contributed by atoms with Gasteiger partial charge in [0.05, 0.1) is 24.0 Å². The molecule has 3 rings (SSSR count). The van der Waals surface area contributed by atoms with Gasteiger partial charge < -0.3 is 5.73 Å². The molecule has 2 heterocycles. The van der Waals surface area contributed by atoms with E-state index in [-0.39, 0.29) is 0 Å². The third-order valence-corrected chi connectivity index (χ3v) is 3.92. The van der Waals surface area contributed by atoms with Crippen LogP contribution in [-0.2, 0) is 13.0 Å². The Balaban J connectivity index is 1.63. The minimum atomic E-state index is 0.584. The lowest BCUT2D eigenvalue weighted by atomic mass is 9.96. The molecular formula is C14H22N6. The second-order valence-electron chi connectivity index (χ2n) is 5.53. The number of hydrogen-bond donors (Lipinski definition) is 1. The molecule has 108 valence electrons. The van der Waals surface area contributed by atoms with Gasteiger partial charge in [-0.3, -0.25) is 4.68 Å². The van der Waals surface area contributed by atoms with Crippen molar-refractivity contribution in [3.63, 3.8) is 0 Å². The topological polar surface area (TPSA) is 74.5 Å². The first-order valence-electron chi connectivity index (χ1n) is 7.48. The van der Waals surface area contributed by atoms with Gasteiger partial charge in [0.15, 0.2) is 0 Å². The summed E-state index contributed by atoms with van der Waals surface area (Å²) >= 11 is 0. The van der Waals surface area contributed by atoms with E-state index in [0.29, 0.717) is 19.1 Å². The van der Waals surface area contributed by atoms with E-state index >= 15 is 0 Å². The fourth-order valence-electron chi connectivity index (χ4n) is 2.85. The van der Waals surface area contributed by atoms with Crippen molar-refractivity contribution in [2.45, 2.75) is 51.1 Å². The lowest BCUT2D eigenvalue weighted by molar-refractivity contribution is 0.327. The van der Waals surface area contributed by atoms with Crippen molar-refractivity contribution < 1.29 is 0 Å². The van der Waals surface area contributed by atoms with E-state index in [4.69, 9.17) is 5.73 Å². The van der Waals surface area contributed by atoms with Crippen LogP contribution < -0.4 is 5.73 Å². The van der Waals surface area contributed by atoms with Crippen molar-refractivity contribution in [1.29, 1.82) is 0 Å². The fraction of sp³-hybridized carbons (Fsp3) is 0.643. The smallest absolute Gasteiger partial charge is 0.0867 e. The van der Waals surface area contributed by atoms with Crippen molar-refractivity contribution in [2.75, 3.05) is 6.54 Å². The summed E-state index contributed by atoms with van der Waals surface area (Å²) in [6.07, 6.45) is 11.4. The van der Waals surface area contributed by atoms with Gasteiger partial charge in [0.1, 0.15) is 0 Å². The van der Waals surface area contributed by atoms with Gasteiger partial charge in [-0.05, 0) is 25.5 Å². The van der Waals surface area contributed by atoms with E-state index in [0.717, 1.165) is 17.8 Å². The molecule has 0 unspecified atom stereocenters. The van der Waals surface area contributed by atoms with E-state index in [1.165, 1.54) is 32.1 Å². The van der Waals surface area contributed by atoms with Gasteiger partial charge in [0.2, 0.25) is 0 Å². The Morgan fingerprint density at radius 3 is 2.85 bits per heavy atom. The molecule has 0 aliphatic heterocycles. The molecule has 6 heteroatoms. The first kappa shape index (κ1) is 13.3. The predicted octanol–water partition coefficient (Wildman–Crippen LogP) is 1.53. The highest BCUT2D eigenvalue weighted by Gasteiger charge is 2.16. The molecule has 20 heavy (non-hydrogen) atoms. The summed E-state index contributed by atoms with van der Waals surface area (Å²) in [5.41, 5.74) is 7.50. The largest absolute Gasteiger partial charge is 0.330 e. The summed E-state index contributed by atoms with van der Waals surface area (Å²) in [6.45, 7) is 1.28. The number of aromatic nitrogens is 5. The molecule has 2 aromatic rings. The molecule has 1 aliphatic rings. The van der Waals surface area contributed by atoms with Crippen molar-refractivity contribution in [3.05, 3.63) is 29.8 Å². The Labute approximate surface area is 119 Å². The van der Waals surface area contributed by atoms with Gasteiger partial charge in [-0.2, -0.15) is 5.10 Å². The molecule has 0 saturated heterocycles. The standard InChI is InChI=1S/C14H22N6/c15-8-6-12-10-19(18-16-12)11-13-7-9-20(17-13)14-4-2-1-3-5-14/h7,9-10,14H,1-6,8,11,15H2. The molecule has 6 nitrogen and oxygen atoms in total. The average Bonchev–Trinajstić information content (AvgIpc) is 3.11. The molecule has 2 N–H and O–H groups in total. The second-order valence-corrected chi connectivity index (χ2v) is 5.53. The molecule has 1 aliphatic carbocycles. The van der Waals surface area contributed by atoms with Gasteiger partial charge in [-0.25, -0.2) is 4.68 Å². The minimum absolute atomic E-state index is 0.584. The van der Waals surface area contributed by atoms with E-state index in [9.17, 15) is 0 Å². The molecular weight excluding hydrogens is 252 g/mol. The minimum Gasteiger partial charge on any atom is -0.330 e. The van der Waals surface area contributed by atoms with E-state index < -0.39 is 0 Å². The Kier molecular flexibility index (Phi) is 4.11. The van der Waals surface area contributed by atoms with E-state index in [1.54, 1.807) is 0 Å². The van der Waals surface area contributed by atoms with Crippen LogP contribution in [0.5, 0.6) is 0 Å². The Hall–Kier alpha value is -1.69. The summed E-state index contributed by atoms with van der Waals surface area (Å²) in [7, 11) is 0. The van der Waals surface area contributed by atoms with Crippen LogP contribution >= 0.6 is 0 Å². The monoisotopic (exact) mass is 274 g/mol. The van der Waals surface area contributed by atoms with Crippen LogP contribution in [0.25, 0.3) is 0 Å². The maximum atomic E-state index is 5.52. The van der Waals surface area contributed by atoms with E-state index in [1.807, 2.05) is 10.9 Å². The molecule has 0 amide bonds. The maximum Gasteiger partial charge on any atom is 0.0867 e. The van der Waals surface area contributed by atoms with Crippen molar-refractivity contribution in [3.8, 4) is 0 Å². The van der Waals surface area contributed by atoms with Crippen LogP contribution in [0.15, 0.2) is 18.5 Å². The second kappa shape index (κ2) is 6.17. The van der Waals surface area contributed by atoms with Crippen molar-refractivity contribution in [1.82, 2.24) is 24.8 Å². The summed E-state index contributed by atoms with van der Waals surface area (Å²) in [5, 5.41) is 12.9. The number of rotatable bonds is 5. The first-order valence-corrected chi connectivity index (χ1v) is 7.48. The van der Waals surface area contributed by atoms with Crippen LogP contribution in [0.3, 0.4) is 0 Å². The number of nitrogens with two attached hydrogens (primary N) is 1. The first-order chi connectivity index (χ1) is 9.85. The van der Waals surface area contributed by atoms with Gasteiger partial charge in [0.25, 0.3) is 0 Å². The summed E-state index contributed by atoms with van der Waals surface area (Å²) in [5.74, 6) is 0. The summed E-state index contributed by atoms with van der Waals surface area (Å²) in [4.78, 5) is 0. The molecule has 2 aromatic heterocycles. The molecule has 0 spiro atoms. The summed E-state index contributed by atoms with van der Waals surface area (Å²) < 4.78 is 3.96. The van der Waals surface area contributed by atoms with Crippen LogP contribution in [0.4, 0.5) is 0 Å². The Bertz CT molecular complexity index is 537. The molecule has 0 aromatic carbocycles. The summed E-state index contributed by atoms with van der Waals surface area (Å²) in [6, 6.07) is 2.67. The molecule has 0 atom stereocenters. The Morgan fingerprint density at radius 2 is 2.05 bits per heavy atom. The van der Waals surface area contributed by atoms with Gasteiger partial charge in [-0.1, -0.05) is 24.5 Å². The van der Waals surface area contributed by atoms with Crippen molar-refractivity contribution >= 4 is 0 Å². The quantitative estimate of drug-likeness (QED) is 0.897. The molecule has 1 saturated carbocycles. The average molecular weight is 274 g/mol. The van der Waals surface area contributed by atoms with Crippen LogP contribution in [0.2, 0.25) is 0 Å². The predicted molar refractivity (Wildman–Crippen MR) is 76.2 cm³/mol. The number of hydrogen-bond acceptors (Lipinski definition) is 4. The normalized spacial score (nSPS) is 16.6. The lowest BCUT2D eigenvalue weighted by Gasteiger charge is -2.21.